The van der Waals surface area contributed by atoms with Crippen LogP contribution in [0, 0.1) is 5.82 Å². The van der Waals surface area contributed by atoms with Crippen LogP contribution in [0.2, 0.25) is 0 Å². The van der Waals surface area contributed by atoms with Gasteiger partial charge in [0.25, 0.3) is 0 Å². The summed E-state index contributed by atoms with van der Waals surface area (Å²) < 4.78 is 24.2. The van der Waals surface area contributed by atoms with E-state index in [2.05, 4.69) is 5.32 Å². The van der Waals surface area contributed by atoms with E-state index in [-0.39, 0.29) is 18.0 Å². The lowest BCUT2D eigenvalue weighted by molar-refractivity contribution is -0.111. The maximum absolute atomic E-state index is 13.3. The SMILES string of the molecule is CCCOc1ccccc1/C=C/C(=O)Nc1scc(-c2ccc(F)cc2)c1C(=O)OCC. The molecule has 3 aromatic rings. The minimum atomic E-state index is -0.550. The predicted octanol–water partition coefficient (Wildman–Crippen LogP) is 6.17. The number of benzene rings is 2. The molecule has 0 saturated heterocycles. The highest BCUT2D eigenvalue weighted by molar-refractivity contribution is 7.15. The van der Waals surface area contributed by atoms with Crippen LogP contribution in [0.4, 0.5) is 9.39 Å². The third kappa shape index (κ3) is 5.82. The van der Waals surface area contributed by atoms with Crippen LogP contribution in [-0.2, 0) is 9.53 Å². The van der Waals surface area contributed by atoms with Crippen LogP contribution in [0.15, 0.2) is 60.0 Å². The smallest absolute Gasteiger partial charge is 0.341 e. The van der Waals surface area contributed by atoms with Crippen molar-refractivity contribution in [2.24, 2.45) is 0 Å². The zero-order valence-electron chi connectivity index (χ0n) is 17.9. The van der Waals surface area contributed by atoms with Crippen LogP contribution in [0.3, 0.4) is 0 Å². The van der Waals surface area contributed by atoms with Crippen molar-refractivity contribution in [3.05, 3.63) is 76.9 Å². The highest BCUT2D eigenvalue weighted by Crippen LogP contribution is 2.36. The maximum atomic E-state index is 13.3. The van der Waals surface area contributed by atoms with Gasteiger partial charge in [-0.25, -0.2) is 9.18 Å². The van der Waals surface area contributed by atoms with Crippen molar-refractivity contribution in [1.29, 1.82) is 0 Å². The zero-order valence-corrected chi connectivity index (χ0v) is 18.7. The molecule has 7 heteroatoms. The van der Waals surface area contributed by atoms with Crippen molar-refractivity contribution >= 4 is 34.3 Å². The first-order valence-corrected chi connectivity index (χ1v) is 11.2. The Labute approximate surface area is 190 Å². The second-order valence-electron chi connectivity index (χ2n) is 6.79. The highest BCUT2D eigenvalue weighted by atomic mass is 32.1. The number of hydrogen-bond donors (Lipinski definition) is 1. The molecule has 0 fully saturated rings. The second-order valence-corrected chi connectivity index (χ2v) is 7.67. The summed E-state index contributed by atoms with van der Waals surface area (Å²) in [6.45, 7) is 4.51. The Bertz CT molecular complexity index is 1110. The van der Waals surface area contributed by atoms with E-state index < -0.39 is 11.9 Å². The Morgan fingerprint density at radius 1 is 1.09 bits per heavy atom. The van der Waals surface area contributed by atoms with Gasteiger partial charge in [0, 0.05) is 22.6 Å². The van der Waals surface area contributed by atoms with Gasteiger partial charge in [-0.05, 0) is 43.2 Å². The van der Waals surface area contributed by atoms with E-state index in [4.69, 9.17) is 9.47 Å². The van der Waals surface area contributed by atoms with Crippen molar-refractivity contribution in [2.75, 3.05) is 18.5 Å². The number of nitrogens with one attached hydrogen (secondary N) is 1. The number of ether oxygens (including phenoxy) is 2. The molecule has 0 atom stereocenters. The maximum Gasteiger partial charge on any atom is 0.341 e. The average molecular weight is 454 g/mol. The third-order valence-electron chi connectivity index (χ3n) is 4.46. The molecule has 0 unspecified atom stereocenters. The molecule has 32 heavy (non-hydrogen) atoms. The Hall–Kier alpha value is -3.45. The van der Waals surface area contributed by atoms with Gasteiger partial charge in [-0.2, -0.15) is 0 Å². The number of carbonyl (C=O) groups excluding carboxylic acids is 2. The molecule has 2 aromatic carbocycles. The van der Waals surface area contributed by atoms with E-state index in [1.165, 1.54) is 29.5 Å². The molecule has 0 bridgehead atoms. The van der Waals surface area contributed by atoms with E-state index in [9.17, 15) is 14.0 Å². The van der Waals surface area contributed by atoms with Crippen LogP contribution in [0.1, 0.15) is 36.2 Å². The number of hydrogen-bond acceptors (Lipinski definition) is 5. The van der Waals surface area contributed by atoms with Crippen molar-refractivity contribution in [1.82, 2.24) is 0 Å². The summed E-state index contributed by atoms with van der Waals surface area (Å²) in [7, 11) is 0. The molecule has 0 aliphatic heterocycles. The lowest BCUT2D eigenvalue weighted by atomic mass is 10.0. The Morgan fingerprint density at radius 3 is 2.56 bits per heavy atom. The molecule has 1 heterocycles. The van der Waals surface area contributed by atoms with E-state index in [0.29, 0.717) is 28.5 Å². The van der Waals surface area contributed by atoms with Crippen molar-refractivity contribution < 1.29 is 23.5 Å². The second kappa shape index (κ2) is 11.2. The number of carbonyl (C=O) groups is 2. The molecule has 0 aliphatic carbocycles. The Morgan fingerprint density at radius 2 is 1.84 bits per heavy atom. The largest absolute Gasteiger partial charge is 0.493 e. The number of amides is 1. The van der Waals surface area contributed by atoms with Gasteiger partial charge in [0.05, 0.1) is 13.2 Å². The Kier molecular flexibility index (Phi) is 8.16. The molecule has 5 nitrogen and oxygen atoms in total. The third-order valence-corrected chi connectivity index (χ3v) is 5.35. The lowest BCUT2D eigenvalue weighted by Crippen LogP contribution is -2.12. The lowest BCUT2D eigenvalue weighted by Gasteiger charge is -2.09. The van der Waals surface area contributed by atoms with Crippen LogP contribution in [0.5, 0.6) is 5.75 Å². The molecular weight excluding hydrogens is 429 g/mol. The summed E-state index contributed by atoms with van der Waals surface area (Å²) in [6.07, 6.45) is 3.93. The summed E-state index contributed by atoms with van der Waals surface area (Å²) in [6, 6.07) is 13.2. The molecule has 0 spiro atoms. The molecule has 3 rings (SSSR count). The summed E-state index contributed by atoms with van der Waals surface area (Å²) in [5.41, 5.74) is 2.26. The number of para-hydroxylation sites is 1. The molecule has 166 valence electrons. The minimum absolute atomic E-state index is 0.194. The van der Waals surface area contributed by atoms with Gasteiger partial charge >= 0.3 is 5.97 Å². The van der Waals surface area contributed by atoms with Crippen LogP contribution in [0.25, 0.3) is 17.2 Å². The fraction of sp³-hybridized carbons (Fsp3) is 0.200. The van der Waals surface area contributed by atoms with Gasteiger partial charge in [0.15, 0.2) is 0 Å². The first kappa shape index (κ1) is 23.2. The van der Waals surface area contributed by atoms with Crippen LogP contribution >= 0.6 is 11.3 Å². The van der Waals surface area contributed by atoms with E-state index in [0.717, 1.165) is 12.0 Å². The quantitative estimate of drug-likeness (QED) is 0.311. The number of halogens is 1. The molecule has 0 saturated carbocycles. The summed E-state index contributed by atoms with van der Waals surface area (Å²) in [4.78, 5) is 25.2. The zero-order chi connectivity index (χ0) is 22.9. The topological polar surface area (TPSA) is 64.6 Å². The molecule has 1 N–H and O–H groups in total. The fourth-order valence-corrected chi connectivity index (χ4v) is 3.94. The summed E-state index contributed by atoms with van der Waals surface area (Å²) in [5, 5.41) is 4.87. The van der Waals surface area contributed by atoms with Crippen molar-refractivity contribution in [3.63, 3.8) is 0 Å². The van der Waals surface area contributed by atoms with E-state index in [1.54, 1.807) is 30.5 Å². The van der Waals surface area contributed by atoms with Crippen molar-refractivity contribution in [2.45, 2.75) is 20.3 Å². The normalized spacial score (nSPS) is 10.8. The highest BCUT2D eigenvalue weighted by Gasteiger charge is 2.22. The summed E-state index contributed by atoms with van der Waals surface area (Å²) in [5.74, 6) is -0.622. The standard InChI is InChI=1S/C25H24FNO4S/c1-3-15-31-21-8-6-5-7-18(21)11-14-22(28)27-24-23(25(29)30-4-2)20(16-32-24)17-9-12-19(26)13-10-17/h5-14,16H,3-4,15H2,1-2H3,(H,27,28)/b14-11+. The predicted molar refractivity (Wildman–Crippen MR) is 126 cm³/mol. The average Bonchev–Trinajstić information content (AvgIpc) is 3.21. The van der Waals surface area contributed by atoms with Gasteiger partial charge in [-0.15, -0.1) is 11.3 Å². The number of thiophene rings is 1. The van der Waals surface area contributed by atoms with Gasteiger partial charge in [0.1, 0.15) is 22.1 Å². The Balaban J connectivity index is 1.84. The van der Waals surface area contributed by atoms with Gasteiger partial charge in [-0.1, -0.05) is 37.3 Å². The molecule has 0 radical (unpaired) electrons. The summed E-state index contributed by atoms with van der Waals surface area (Å²) >= 11 is 1.21. The van der Waals surface area contributed by atoms with Crippen LogP contribution in [-0.4, -0.2) is 25.1 Å². The monoisotopic (exact) mass is 453 g/mol. The van der Waals surface area contributed by atoms with Crippen LogP contribution < -0.4 is 10.1 Å². The van der Waals surface area contributed by atoms with E-state index in [1.807, 2.05) is 31.2 Å². The number of esters is 1. The van der Waals surface area contributed by atoms with Gasteiger partial charge in [0.2, 0.25) is 5.91 Å². The molecule has 0 aliphatic rings. The first-order valence-electron chi connectivity index (χ1n) is 10.3. The first-order chi connectivity index (χ1) is 15.5. The number of anilines is 1. The van der Waals surface area contributed by atoms with Gasteiger partial charge < -0.3 is 14.8 Å². The van der Waals surface area contributed by atoms with Gasteiger partial charge in [-0.3, -0.25) is 4.79 Å². The molecular formula is C25H24FNO4S. The number of rotatable bonds is 9. The van der Waals surface area contributed by atoms with E-state index >= 15 is 0 Å². The fourth-order valence-electron chi connectivity index (χ4n) is 2.98. The molecule has 1 aromatic heterocycles. The molecule has 1 amide bonds. The van der Waals surface area contributed by atoms with Crippen molar-refractivity contribution in [3.8, 4) is 16.9 Å². The minimum Gasteiger partial charge on any atom is -0.493 e.